The summed E-state index contributed by atoms with van der Waals surface area (Å²) in [7, 11) is 0. The van der Waals surface area contributed by atoms with Gasteiger partial charge in [-0.2, -0.15) is 0 Å². The standard InChI is InChI=1S/C18H16ClN3O3/c1-3-25-18(24)11-7-10(19)8-12-14(11)15(20)16(22-12)17(23)13-6-9(2)4-5-21-13/h4-8,22H,3,20H2,1-2H3. The fraction of sp³-hybridized carbons (Fsp3) is 0.167. The van der Waals surface area contributed by atoms with E-state index in [9.17, 15) is 9.59 Å². The summed E-state index contributed by atoms with van der Waals surface area (Å²) in [6.07, 6.45) is 1.56. The number of aromatic amines is 1. The van der Waals surface area contributed by atoms with E-state index >= 15 is 0 Å². The van der Waals surface area contributed by atoms with Gasteiger partial charge < -0.3 is 15.5 Å². The molecule has 0 fully saturated rings. The number of esters is 1. The van der Waals surface area contributed by atoms with Crippen molar-refractivity contribution in [2.75, 3.05) is 12.3 Å². The Bertz CT molecular complexity index is 995. The van der Waals surface area contributed by atoms with Gasteiger partial charge in [-0.1, -0.05) is 11.6 Å². The third-order valence-corrected chi connectivity index (χ3v) is 3.99. The number of ketones is 1. The molecule has 0 atom stereocenters. The number of aryl methyl sites for hydroxylation is 1. The molecule has 0 saturated carbocycles. The number of carbonyl (C=O) groups excluding carboxylic acids is 2. The Morgan fingerprint density at radius 2 is 2.08 bits per heavy atom. The minimum Gasteiger partial charge on any atom is -0.462 e. The number of anilines is 1. The summed E-state index contributed by atoms with van der Waals surface area (Å²) in [6.45, 7) is 3.79. The number of nitrogens with two attached hydrogens (primary N) is 1. The third-order valence-electron chi connectivity index (χ3n) is 3.77. The number of fused-ring (bicyclic) bond motifs is 1. The third kappa shape index (κ3) is 3.08. The number of aromatic nitrogens is 2. The van der Waals surface area contributed by atoms with Crippen LogP contribution in [-0.4, -0.2) is 28.3 Å². The summed E-state index contributed by atoms with van der Waals surface area (Å²) >= 11 is 6.08. The normalized spacial score (nSPS) is 10.8. The lowest BCUT2D eigenvalue weighted by Gasteiger charge is -2.05. The average molecular weight is 358 g/mol. The quantitative estimate of drug-likeness (QED) is 0.550. The summed E-state index contributed by atoms with van der Waals surface area (Å²) in [4.78, 5) is 32.0. The van der Waals surface area contributed by atoms with Crippen LogP contribution in [0.4, 0.5) is 5.69 Å². The summed E-state index contributed by atoms with van der Waals surface area (Å²) in [5.74, 6) is -0.906. The zero-order valence-corrected chi connectivity index (χ0v) is 14.5. The van der Waals surface area contributed by atoms with E-state index in [1.165, 1.54) is 6.07 Å². The first-order valence-corrected chi connectivity index (χ1v) is 8.05. The van der Waals surface area contributed by atoms with Gasteiger partial charge in [-0.15, -0.1) is 0 Å². The molecule has 0 amide bonds. The van der Waals surface area contributed by atoms with Crippen molar-refractivity contribution < 1.29 is 14.3 Å². The van der Waals surface area contributed by atoms with E-state index in [0.717, 1.165) is 5.56 Å². The van der Waals surface area contributed by atoms with Crippen molar-refractivity contribution >= 4 is 39.9 Å². The molecule has 0 bridgehead atoms. The van der Waals surface area contributed by atoms with Crippen LogP contribution in [0.1, 0.15) is 39.0 Å². The number of pyridine rings is 1. The predicted molar refractivity (Wildman–Crippen MR) is 96.1 cm³/mol. The van der Waals surface area contributed by atoms with Crippen LogP contribution >= 0.6 is 11.6 Å². The van der Waals surface area contributed by atoms with Gasteiger partial charge in [0.2, 0.25) is 5.78 Å². The van der Waals surface area contributed by atoms with Gasteiger partial charge in [0.25, 0.3) is 0 Å². The van der Waals surface area contributed by atoms with E-state index in [2.05, 4.69) is 9.97 Å². The molecule has 0 radical (unpaired) electrons. The largest absolute Gasteiger partial charge is 0.462 e. The Labute approximate surface area is 149 Å². The Morgan fingerprint density at radius 3 is 2.76 bits per heavy atom. The van der Waals surface area contributed by atoms with Crippen LogP contribution in [0.25, 0.3) is 10.9 Å². The van der Waals surface area contributed by atoms with Gasteiger partial charge in [-0.25, -0.2) is 4.79 Å². The molecule has 6 nitrogen and oxygen atoms in total. The first kappa shape index (κ1) is 17.0. The van der Waals surface area contributed by atoms with Crippen molar-refractivity contribution in [3.05, 3.63) is 58.0 Å². The maximum atomic E-state index is 12.8. The van der Waals surface area contributed by atoms with E-state index in [4.69, 9.17) is 22.1 Å². The molecular weight excluding hydrogens is 342 g/mol. The van der Waals surface area contributed by atoms with E-state index in [0.29, 0.717) is 15.9 Å². The lowest BCUT2D eigenvalue weighted by molar-refractivity contribution is 0.0528. The minimum atomic E-state index is -0.548. The number of hydrogen-bond donors (Lipinski definition) is 2. The Balaban J connectivity index is 2.18. The van der Waals surface area contributed by atoms with Crippen molar-refractivity contribution in [1.82, 2.24) is 9.97 Å². The number of nitrogens with one attached hydrogen (secondary N) is 1. The summed E-state index contributed by atoms with van der Waals surface area (Å²) in [5, 5.41) is 0.753. The Kier molecular flexibility index (Phi) is 4.46. The zero-order chi connectivity index (χ0) is 18.1. The number of nitrogen functional groups attached to an aromatic ring is 1. The van der Waals surface area contributed by atoms with Crippen LogP contribution in [-0.2, 0) is 4.74 Å². The summed E-state index contributed by atoms with van der Waals surface area (Å²) in [6, 6.07) is 6.55. The highest BCUT2D eigenvalue weighted by molar-refractivity contribution is 6.32. The topological polar surface area (TPSA) is 98.1 Å². The first-order valence-electron chi connectivity index (χ1n) is 7.67. The summed E-state index contributed by atoms with van der Waals surface area (Å²) in [5.41, 5.74) is 8.38. The van der Waals surface area contributed by atoms with Gasteiger partial charge in [-0.3, -0.25) is 9.78 Å². The highest BCUT2D eigenvalue weighted by Crippen LogP contribution is 2.32. The molecule has 128 valence electrons. The minimum absolute atomic E-state index is 0.168. The van der Waals surface area contributed by atoms with Crippen molar-refractivity contribution in [3.8, 4) is 0 Å². The van der Waals surface area contributed by atoms with Crippen LogP contribution < -0.4 is 5.73 Å². The maximum Gasteiger partial charge on any atom is 0.338 e. The molecule has 3 rings (SSSR count). The molecule has 0 aliphatic heterocycles. The fourth-order valence-electron chi connectivity index (χ4n) is 2.66. The smallest absolute Gasteiger partial charge is 0.338 e. The molecule has 0 aliphatic carbocycles. The lowest BCUT2D eigenvalue weighted by Crippen LogP contribution is -2.08. The number of hydrogen-bond acceptors (Lipinski definition) is 5. The SMILES string of the molecule is CCOC(=O)c1cc(Cl)cc2[nH]c(C(=O)c3cc(C)ccn3)c(N)c12. The Morgan fingerprint density at radius 1 is 1.32 bits per heavy atom. The van der Waals surface area contributed by atoms with Gasteiger partial charge in [-0.05, 0) is 43.7 Å². The average Bonchev–Trinajstić information content (AvgIpc) is 2.90. The molecule has 0 unspecified atom stereocenters. The number of benzene rings is 1. The molecule has 2 aromatic heterocycles. The highest BCUT2D eigenvalue weighted by atomic mass is 35.5. The predicted octanol–water partition coefficient (Wildman–Crippen LogP) is 3.51. The van der Waals surface area contributed by atoms with Gasteiger partial charge in [0.1, 0.15) is 11.4 Å². The van der Waals surface area contributed by atoms with Crippen molar-refractivity contribution in [2.24, 2.45) is 0 Å². The van der Waals surface area contributed by atoms with Gasteiger partial charge in [0.05, 0.1) is 23.4 Å². The van der Waals surface area contributed by atoms with Crippen LogP contribution in [0.3, 0.4) is 0 Å². The molecule has 0 saturated heterocycles. The fourth-order valence-corrected chi connectivity index (χ4v) is 2.88. The number of rotatable bonds is 4. The Hall–Kier alpha value is -2.86. The van der Waals surface area contributed by atoms with Gasteiger partial charge >= 0.3 is 5.97 Å². The van der Waals surface area contributed by atoms with Crippen LogP contribution in [0, 0.1) is 6.92 Å². The second kappa shape index (κ2) is 6.57. The second-order valence-corrected chi connectivity index (χ2v) is 5.99. The number of H-pyrrole nitrogens is 1. The highest BCUT2D eigenvalue weighted by Gasteiger charge is 2.23. The van der Waals surface area contributed by atoms with Crippen molar-refractivity contribution in [3.63, 3.8) is 0 Å². The first-order chi connectivity index (χ1) is 11.9. The van der Waals surface area contributed by atoms with Crippen LogP contribution in [0.5, 0.6) is 0 Å². The molecule has 0 aliphatic rings. The molecule has 25 heavy (non-hydrogen) atoms. The molecule has 7 heteroatoms. The zero-order valence-electron chi connectivity index (χ0n) is 13.7. The monoisotopic (exact) mass is 357 g/mol. The number of nitrogens with zero attached hydrogens (tertiary/aromatic N) is 1. The molecule has 3 aromatic rings. The van der Waals surface area contributed by atoms with E-state index in [1.807, 2.05) is 6.92 Å². The molecule has 0 spiro atoms. The number of ether oxygens (including phenoxy) is 1. The summed E-state index contributed by atoms with van der Waals surface area (Å²) < 4.78 is 5.05. The van der Waals surface area contributed by atoms with E-state index < -0.39 is 5.97 Å². The van der Waals surface area contributed by atoms with E-state index in [-0.39, 0.29) is 35.0 Å². The van der Waals surface area contributed by atoms with Crippen molar-refractivity contribution in [1.29, 1.82) is 0 Å². The molecular formula is C18H16ClN3O3. The lowest BCUT2D eigenvalue weighted by atomic mass is 10.1. The van der Waals surface area contributed by atoms with Crippen LogP contribution in [0.15, 0.2) is 30.5 Å². The molecule has 1 aromatic carbocycles. The second-order valence-electron chi connectivity index (χ2n) is 5.56. The van der Waals surface area contributed by atoms with Crippen LogP contribution in [0.2, 0.25) is 5.02 Å². The maximum absolute atomic E-state index is 12.8. The van der Waals surface area contributed by atoms with Crippen molar-refractivity contribution in [2.45, 2.75) is 13.8 Å². The van der Waals surface area contributed by atoms with Gasteiger partial charge in [0, 0.05) is 16.6 Å². The number of halogens is 1. The molecule has 3 N–H and O–H groups in total. The van der Waals surface area contributed by atoms with Gasteiger partial charge in [0.15, 0.2) is 0 Å². The van der Waals surface area contributed by atoms with E-state index in [1.54, 1.807) is 31.3 Å². The molecule has 2 heterocycles. The number of carbonyl (C=O) groups is 2.